The Bertz CT molecular complexity index is 1010. The second-order valence-corrected chi connectivity index (χ2v) is 9.03. The van der Waals surface area contributed by atoms with E-state index in [0.717, 1.165) is 24.2 Å². The van der Waals surface area contributed by atoms with Crippen LogP contribution in [0, 0.1) is 0 Å². The molecule has 0 aromatic carbocycles. The summed E-state index contributed by atoms with van der Waals surface area (Å²) in [6.07, 6.45) is 6.03. The maximum absolute atomic E-state index is 13.3. The maximum Gasteiger partial charge on any atom is 0.265 e. The normalized spacial score (nSPS) is 23.3. The van der Waals surface area contributed by atoms with Crippen LogP contribution in [0.1, 0.15) is 75.6 Å². The summed E-state index contributed by atoms with van der Waals surface area (Å²) >= 11 is 0. The summed E-state index contributed by atoms with van der Waals surface area (Å²) in [4.78, 5) is 30.8. The van der Waals surface area contributed by atoms with Crippen LogP contribution in [-0.2, 0) is 4.79 Å². The number of hydrogen-bond acceptors (Lipinski definition) is 4. The predicted molar refractivity (Wildman–Crippen MR) is 109 cm³/mol. The van der Waals surface area contributed by atoms with Crippen molar-refractivity contribution in [3.63, 3.8) is 0 Å². The summed E-state index contributed by atoms with van der Waals surface area (Å²) in [5.74, 6) is -4.19. The quantitative estimate of drug-likeness (QED) is 0.558. The van der Waals surface area contributed by atoms with Crippen molar-refractivity contribution < 1.29 is 22.4 Å². The zero-order valence-electron chi connectivity index (χ0n) is 17.7. The Morgan fingerprint density at radius 1 is 1.03 bits per heavy atom. The zero-order valence-corrected chi connectivity index (χ0v) is 17.7. The van der Waals surface area contributed by atoms with Crippen molar-refractivity contribution in [2.24, 2.45) is 0 Å². The molecule has 32 heavy (non-hydrogen) atoms. The van der Waals surface area contributed by atoms with Gasteiger partial charge >= 0.3 is 0 Å². The molecular formula is C21H27F4N5O2. The van der Waals surface area contributed by atoms with Crippen LogP contribution in [0.2, 0.25) is 0 Å². The van der Waals surface area contributed by atoms with Crippen molar-refractivity contribution >= 4 is 17.4 Å². The topological polar surface area (TPSA) is 83.9 Å². The summed E-state index contributed by atoms with van der Waals surface area (Å²) in [7, 11) is 0. The average Bonchev–Trinajstić information content (AvgIpc) is 3.11. The standard InChI is InChI=1S/C15H18F2N4O.C6H9F2NO/c16-15(17)6-4-10(5-7-15)21-13-11(8-18-21)14(22)20-12(19-13)9-2-1-3-9;7-6(8)2-1-3-9(4-6)5-10/h8-10H,1-7H2,(H,19,20,22);5H,1-4H2. The lowest BCUT2D eigenvalue weighted by atomic mass is 9.85. The van der Waals surface area contributed by atoms with E-state index in [0.29, 0.717) is 55.0 Å². The van der Waals surface area contributed by atoms with E-state index in [1.54, 1.807) is 4.68 Å². The van der Waals surface area contributed by atoms with Gasteiger partial charge in [-0.05, 0) is 32.1 Å². The summed E-state index contributed by atoms with van der Waals surface area (Å²) < 4.78 is 53.2. The number of rotatable bonds is 3. The Labute approximate surface area is 182 Å². The fourth-order valence-corrected chi connectivity index (χ4v) is 4.45. The lowest BCUT2D eigenvalue weighted by Gasteiger charge is -2.29. The Hall–Kier alpha value is -2.46. The fourth-order valence-electron chi connectivity index (χ4n) is 4.45. The average molecular weight is 457 g/mol. The lowest BCUT2D eigenvalue weighted by molar-refractivity contribution is -0.128. The van der Waals surface area contributed by atoms with Crippen molar-refractivity contribution in [1.82, 2.24) is 24.6 Å². The molecule has 1 aliphatic heterocycles. The molecule has 176 valence electrons. The number of carbonyl (C=O) groups excluding carboxylic acids is 1. The maximum atomic E-state index is 13.3. The van der Waals surface area contributed by atoms with Crippen molar-refractivity contribution in [2.75, 3.05) is 13.1 Å². The van der Waals surface area contributed by atoms with Crippen molar-refractivity contribution in [3.8, 4) is 0 Å². The Balaban J connectivity index is 0.000000207. The van der Waals surface area contributed by atoms with Crippen molar-refractivity contribution in [2.45, 2.75) is 81.6 Å². The van der Waals surface area contributed by atoms with Gasteiger partial charge in [-0.3, -0.25) is 9.59 Å². The van der Waals surface area contributed by atoms with Crippen LogP contribution in [0.4, 0.5) is 17.6 Å². The SMILES string of the molecule is O=CN1CCCC(F)(F)C1.O=c1[nH]c(C2CCC2)nc2c1cnn2C1CCC(F)(F)CC1. The van der Waals surface area contributed by atoms with Crippen LogP contribution in [-0.4, -0.2) is 56.0 Å². The first-order valence-electron chi connectivity index (χ1n) is 11.1. The van der Waals surface area contributed by atoms with Gasteiger partial charge in [0.2, 0.25) is 12.3 Å². The molecule has 7 nitrogen and oxygen atoms in total. The molecule has 1 N–H and O–H groups in total. The van der Waals surface area contributed by atoms with E-state index in [2.05, 4.69) is 15.1 Å². The van der Waals surface area contributed by atoms with Gasteiger partial charge in [0.05, 0.1) is 18.8 Å². The zero-order chi connectivity index (χ0) is 22.9. The van der Waals surface area contributed by atoms with Gasteiger partial charge in [0.25, 0.3) is 11.5 Å². The van der Waals surface area contributed by atoms with Gasteiger partial charge in [0, 0.05) is 31.7 Å². The minimum atomic E-state index is -2.65. The number of hydrogen-bond donors (Lipinski definition) is 1. The predicted octanol–water partition coefficient (Wildman–Crippen LogP) is 4.01. The smallest absolute Gasteiger partial charge is 0.265 e. The summed E-state index contributed by atoms with van der Waals surface area (Å²) in [6.45, 7) is 0.0651. The number of piperidine rings is 1. The van der Waals surface area contributed by atoms with Gasteiger partial charge in [-0.2, -0.15) is 5.10 Å². The van der Waals surface area contributed by atoms with Crippen molar-refractivity contribution in [3.05, 3.63) is 22.4 Å². The number of aromatic nitrogens is 4. The summed E-state index contributed by atoms with van der Waals surface area (Å²) in [6, 6.07) is -0.0966. The van der Waals surface area contributed by atoms with E-state index in [1.165, 1.54) is 6.20 Å². The second kappa shape index (κ2) is 8.82. The van der Waals surface area contributed by atoms with Crippen molar-refractivity contribution in [1.29, 1.82) is 0 Å². The van der Waals surface area contributed by atoms with Crippen LogP contribution >= 0.6 is 0 Å². The number of likely N-dealkylation sites (tertiary alicyclic amines) is 1. The highest BCUT2D eigenvalue weighted by Crippen LogP contribution is 2.39. The number of H-pyrrole nitrogens is 1. The van der Waals surface area contributed by atoms with Gasteiger partial charge in [-0.1, -0.05) is 6.42 Å². The molecule has 3 aliphatic rings. The number of nitrogens with zero attached hydrogens (tertiary/aromatic N) is 4. The number of alkyl halides is 4. The molecule has 2 aromatic heterocycles. The highest BCUT2D eigenvalue weighted by molar-refractivity contribution is 5.73. The van der Waals surface area contributed by atoms with Crippen LogP contribution < -0.4 is 5.56 Å². The molecule has 3 heterocycles. The molecule has 0 spiro atoms. The van der Waals surface area contributed by atoms with Crippen LogP contribution in [0.25, 0.3) is 11.0 Å². The number of aromatic amines is 1. The number of halogens is 4. The molecular weight excluding hydrogens is 430 g/mol. The van der Waals surface area contributed by atoms with E-state index in [1.807, 2.05) is 0 Å². The fraction of sp³-hybridized carbons (Fsp3) is 0.714. The first-order valence-corrected chi connectivity index (χ1v) is 11.1. The first-order chi connectivity index (χ1) is 15.2. The minimum absolute atomic E-state index is 0.0860. The number of nitrogens with one attached hydrogen (secondary N) is 1. The Kier molecular flexibility index (Phi) is 6.26. The Morgan fingerprint density at radius 3 is 2.31 bits per heavy atom. The molecule has 3 fully saturated rings. The van der Waals surface area contributed by atoms with E-state index in [9.17, 15) is 27.2 Å². The molecule has 0 unspecified atom stereocenters. The molecule has 0 atom stereocenters. The highest BCUT2D eigenvalue weighted by Gasteiger charge is 2.37. The van der Waals surface area contributed by atoms with Gasteiger partial charge < -0.3 is 9.88 Å². The molecule has 1 saturated heterocycles. The molecule has 11 heteroatoms. The first kappa shape index (κ1) is 22.7. The van der Waals surface area contributed by atoms with Crippen LogP contribution in [0.3, 0.4) is 0 Å². The second-order valence-electron chi connectivity index (χ2n) is 9.03. The molecule has 5 rings (SSSR count). The minimum Gasteiger partial charge on any atom is -0.339 e. The highest BCUT2D eigenvalue weighted by atomic mass is 19.3. The van der Waals surface area contributed by atoms with E-state index in [-0.39, 0.29) is 30.9 Å². The molecule has 2 saturated carbocycles. The molecule has 0 bridgehead atoms. The third kappa shape index (κ3) is 4.96. The number of amides is 1. The summed E-state index contributed by atoms with van der Waals surface area (Å²) in [5, 5.41) is 4.71. The molecule has 2 aliphatic carbocycles. The van der Waals surface area contributed by atoms with E-state index < -0.39 is 18.4 Å². The Morgan fingerprint density at radius 2 is 1.75 bits per heavy atom. The summed E-state index contributed by atoms with van der Waals surface area (Å²) in [5.41, 5.74) is 0.361. The third-order valence-electron chi connectivity index (χ3n) is 6.58. The largest absolute Gasteiger partial charge is 0.339 e. The van der Waals surface area contributed by atoms with E-state index in [4.69, 9.17) is 0 Å². The van der Waals surface area contributed by atoms with Gasteiger partial charge in [-0.15, -0.1) is 0 Å². The van der Waals surface area contributed by atoms with Crippen LogP contribution in [0.15, 0.2) is 11.0 Å². The van der Waals surface area contributed by atoms with Gasteiger partial charge in [0.1, 0.15) is 11.2 Å². The third-order valence-corrected chi connectivity index (χ3v) is 6.58. The lowest BCUT2D eigenvalue weighted by Crippen LogP contribution is -2.41. The molecule has 0 radical (unpaired) electrons. The molecule has 1 amide bonds. The molecule has 2 aromatic rings. The number of carbonyl (C=O) groups is 1. The van der Waals surface area contributed by atoms with Gasteiger partial charge in [0.15, 0.2) is 5.65 Å². The number of fused-ring (bicyclic) bond motifs is 1. The monoisotopic (exact) mass is 457 g/mol. The van der Waals surface area contributed by atoms with Crippen LogP contribution in [0.5, 0.6) is 0 Å². The van der Waals surface area contributed by atoms with Gasteiger partial charge in [-0.25, -0.2) is 27.2 Å². The van der Waals surface area contributed by atoms with E-state index >= 15 is 0 Å².